The standard InChI is InChI=1S/C25H27N5O5S/c1-29-11-10-18-23(29)27-25(28-24(18)35-20-6-4-5-7-22(20)36(3,31)32)26-19-9-8-17(16-21(19)33-2)30-12-14-34-15-13-30/h4-11,16H,12-15H2,1-3H3,(H,26,27,28). The maximum atomic E-state index is 12.3. The molecule has 0 amide bonds. The van der Waals surface area contributed by atoms with E-state index in [1.807, 2.05) is 42.1 Å². The van der Waals surface area contributed by atoms with Gasteiger partial charge in [-0.1, -0.05) is 12.1 Å². The molecule has 1 fully saturated rings. The van der Waals surface area contributed by atoms with Gasteiger partial charge in [0.05, 0.1) is 31.4 Å². The first-order chi connectivity index (χ1) is 17.3. The van der Waals surface area contributed by atoms with Gasteiger partial charge in [-0.05, 0) is 30.3 Å². The number of morpholine rings is 1. The number of hydrogen-bond acceptors (Lipinski definition) is 9. The molecule has 1 N–H and O–H groups in total. The molecule has 0 atom stereocenters. The molecule has 2 aromatic heterocycles. The molecule has 1 aliphatic rings. The minimum atomic E-state index is -3.50. The van der Waals surface area contributed by atoms with E-state index in [2.05, 4.69) is 20.2 Å². The number of benzene rings is 2. The van der Waals surface area contributed by atoms with E-state index in [9.17, 15) is 8.42 Å². The predicted molar refractivity (Wildman–Crippen MR) is 137 cm³/mol. The summed E-state index contributed by atoms with van der Waals surface area (Å²) >= 11 is 0. The van der Waals surface area contributed by atoms with Crippen molar-refractivity contribution in [2.75, 3.05) is 49.9 Å². The van der Waals surface area contributed by atoms with Crippen molar-refractivity contribution in [1.29, 1.82) is 0 Å². The summed E-state index contributed by atoms with van der Waals surface area (Å²) < 4.78 is 43.6. The van der Waals surface area contributed by atoms with Gasteiger partial charge in [0.1, 0.15) is 22.0 Å². The topological polar surface area (TPSA) is 108 Å². The number of nitrogens with one attached hydrogen (secondary N) is 1. The van der Waals surface area contributed by atoms with Crippen molar-refractivity contribution in [3.63, 3.8) is 0 Å². The van der Waals surface area contributed by atoms with E-state index in [1.165, 1.54) is 6.07 Å². The number of methoxy groups -OCH3 is 1. The van der Waals surface area contributed by atoms with Crippen molar-refractivity contribution in [2.24, 2.45) is 7.05 Å². The molecule has 1 aliphatic heterocycles. The Kier molecular flexibility index (Phi) is 6.42. The van der Waals surface area contributed by atoms with Crippen molar-refractivity contribution in [2.45, 2.75) is 4.90 Å². The van der Waals surface area contributed by atoms with Crippen molar-refractivity contribution < 1.29 is 22.6 Å². The largest absolute Gasteiger partial charge is 0.494 e. The molecule has 0 saturated carbocycles. The molecule has 0 aliphatic carbocycles. The van der Waals surface area contributed by atoms with Crippen LogP contribution in [0.25, 0.3) is 11.0 Å². The molecule has 11 heteroatoms. The molecule has 0 radical (unpaired) electrons. The van der Waals surface area contributed by atoms with Crippen LogP contribution in [0.2, 0.25) is 0 Å². The number of anilines is 3. The molecule has 188 valence electrons. The molecule has 4 aromatic rings. The van der Waals surface area contributed by atoms with Gasteiger partial charge in [0.15, 0.2) is 9.84 Å². The molecular formula is C25H27N5O5S. The summed E-state index contributed by atoms with van der Waals surface area (Å²) in [5, 5.41) is 3.89. The summed E-state index contributed by atoms with van der Waals surface area (Å²) in [6.45, 7) is 3.02. The first-order valence-electron chi connectivity index (χ1n) is 11.4. The van der Waals surface area contributed by atoms with E-state index in [4.69, 9.17) is 14.2 Å². The Labute approximate surface area is 209 Å². The lowest BCUT2D eigenvalue weighted by Gasteiger charge is -2.29. The van der Waals surface area contributed by atoms with E-state index in [-0.39, 0.29) is 22.5 Å². The third-order valence-electron chi connectivity index (χ3n) is 5.95. The van der Waals surface area contributed by atoms with Crippen LogP contribution in [-0.2, 0) is 21.6 Å². The Bertz CT molecular complexity index is 1510. The van der Waals surface area contributed by atoms with Gasteiger partial charge in [0.25, 0.3) is 0 Å². The fourth-order valence-corrected chi connectivity index (χ4v) is 4.91. The normalized spacial score (nSPS) is 14.1. The van der Waals surface area contributed by atoms with Gasteiger partial charge in [0, 0.05) is 44.3 Å². The van der Waals surface area contributed by atoms with E-state index >= 15 is 0 Å². The van der Waals surface area contributed by atoms with Gasteiger partial charge in [0.2, 0.25) is 11.8 Å². The number of rotatable bonds is 7. The second-order valence-corrected chi connectivity index (χ2v) is 10.4. The van der Waals surface area contributed by atoms with Crippen LogP contribution in [0.1, 0.15) is 0 Å². The Morgan fingerprint density at radius 3 is 2.56 bits per heavy atom. The second kappa shape index (κ2) is 9.67. The van der Waals surface area contributed by atoms with Crippen molar-refractivity contribution in [1.82, 2.24) is 14.5 Å². The van der Waals surface area contributed by atoms with Crippen molar-refractivity contribution in [3.05, 3.63) is 54.7 Å². The highest BCUT2D eigenvalue weighted by Crippen LogP contribution is 2.35. The zero-order chi connectivity index (χ0) is 25.3. The SMILES string of the molecule is COc1cc(N2CCOCC2)ccc1Nc1nc(Oc2ccccc2S(C)(=O)=O)c2ccn(C)c2n1. The maximum Gasteiger partial charge on any atom is 0.233 e. The molecule has 3 heterocycles. The predicted octanol–water partition coefficient (Wildman–Crippen LogP) is 3.75. The Morgan fingerprint density at radius 1 is 1.03 bits per heavy atom. The minimum Gasteiger partial charge on any atom is -0.494 e. The van der Waals surface area contributed by atoms with Crippen molar-refractivity contribution in [3.8, 4) is 17.4 Å². The average molecular weight is 510 g/mol. The summed E-state index contributed by atoms with van der Waals surface area (Å²) in [6.07, 6.45) is 2.99. The van der Waals surface area contributed by atoms with Crippen LogP contribution in [0, 0.1) is 0 Å². The lowest BCUT2D eigenvalue weighted by molar-refractivity contribution is 0.122. The van der Waals surface area contributed by atoms with Gasteiger partial charge in [-0.15, -0.1) is 0 Å². The van der Waals surface area contributed by atoms with Crippen LogP contribution in [0.4, 0.5) is 17.3 Å². The van der Waals surface area contributed by atoms with E-state index in [0.717, 1.165) is 25.0 Å². The number of aromatic nitrogens is 3. The molecule has 10 nitrogen and oxygen atoms in total. The van der Waals surface area contributed by atoms with Crippen LogP contribution in [0.3, 0.4) is 0 Å². The van der Waals surface area contributed by atoms with Gasteiger partial charge >= 0.3 is 0 Å². The molecule has 5 rings (SSSR count). The van der Waals surface area contributed by atoms with Crippen molar-refractivity contribution >= 4 is 38.2 Å². The highest BCUT2D eigenvalue weighted by Gasteiger charge is 2.19. The summed E-state index contributed by atoms with van der Waals surface area (Å²) in [7, 11) is -0.0217. The molecule has 0 spiro atoms. The Hall–Kier alpha value is -3.83. The third-order valence-corrected chi connectivity index (χ3v) is 7.09. The number of aryl methyl sites for hydroxylation is 1. The van der Waals surface area contributed by atoms with E-state index < -0.39 is 9.84 Å². The second-order valence-electron chi connectivity index (χ2n) is 8.45. The fourth-order valence-electron chi connectivity index (χ4n) is 4.11. The van der Waals surface area contributed by atoms with Gasteiger partial charge in [-0.25, -0.2) is 8.42 Å². The smallest absolute Gasteiger partial charge is 0.233 e. The Morgan fingerprint density at radius 2 is 1.81 bits per heavy atom. The molecule has 36 heavy (non-hydrogen) atoms. The lowest BCUT2D eigenvalue weighted by Crippen LogP contribution is -2.36. The summed E-state index contributed by atoms with van der Waals surface area (Å²) in [5.74, 6) is 1.36. The van der Waals surface area contributed by atoms with E-state index in [0.29, 0.717) is 35.7 Å². The Balaban J connectivity index is 1.51. The lowest BCUT2D eigenvalue weighted by atomic mass is 10.2. The first-order valence-corrected chi connectivity index (χ1v) is 13.3. The van der Waals surface area contributed by atoms with Crippen LogP contribution in [0.5, 0.6) is 17.4 Å². The first kappa shape index (κ1) is 23.9. The van der Waals surface area contributed by atoms with Gasteiger partial charge in [-0.3, -0.25) is 0 Å². The summed E-state index contributed by atoms with van der Waals surface area (Å²) in [5.41, 5.74) is 2.36. The fraction of sp³-hybridized carbons (Fsp3) is 0.280. The molecule has 0 unspecified atom stereocenters. The quantitative estimate of drug-likeness (QED) is 0.398. The molecule has 2 aromatic carbocycles. The van der Waals surface area contributed by atoms with Crippen LogP contribution in [0.15, 0.2) is 59.6 Å². The van der Waals surface area contributed by atoms with Gasteiger partial charge in [-0.2, -0.15) is 9.97 Å². The average Bonchev–Trinajstić information content (AvgIpc) is 3.25. The van der Waals surface area contributed by atoms with Crippen LogP contribution in [-0.4, -0.2) is 62.6 Å². The zero-order valence-corrected chi connectivity index (χ0v) is 21.1. The number of ether oxygens (including phenoxy) is 3. The van der Waals surface area contributed by atoms with Crippen LogP contribution >= 0.6 is 0 Å². The summed E-state index contributed by atoms with van der Waals surface area (Å²) in [4.78, 5) is 11.6. The maximum absolute atomic E-state index is 12.3. The number of fused-ring (bicyclic) bond motifs is 1. The highest BCUT2D eigenvalue weighted by molar-refractivity contribution is 7.90. The number of hydrogen-bond donors (Lipinski definition) is 1. The monoisotopic (exact) mass is 509 g/mol. The zero-order valence-electron chi connectivity index (χ0n) is 20.3. The molecule has 1 saturated heterocycles. The highest BCUT2D eigenvalue weighted by atomic mass is 32.2. The molecular weight excluding hydrogens is 482 g/mol. The number of sulfone groups is 1. The summed E-state index contributed by atoms with van der Waals surface area (Å²) in [6, 6.07) is 14.2. The third kappa shape index (κ3) is 4.79. The van der Waals surface area contributed by atoms with Gasteiger partial charge < -0.3 is 29.0 Å². The van der Waals surface area contributed by atoms with E-state index in [1.54, 1.807) is 25.3 Å². The number of nitrogens with zero attached hydrogens (tertiary/aromatic N) is 4. The van der Waals surface area contributed by atoms with Crippen LogP contribution < -0.4 is 19.7 Å². The number of para-hydroxylation sites is 1. The minimum absolute atomic E-state index is 0.0857. The molecule has 0 bridgehead atoms.